The third-order valence-electron chi connectivity index (χ3n) is 1.69. The second-order valence-corrected chi connectivity index (χ2v) is 2.63. The number of benzene rings is 1. The lowest BCUT2D eigenvalue weighted by Crippen LogP contribution is -2.07. The van der Waals surface area contributed by atoms with Gasteiger partial charge in [-0.1, -0.05) is 30.3 Å². The molecule has 0 radical (unpaired) electrons. The molecule has 2 nitrogen and oxygen atoms in total. The summed E-state index contributed by atoms with van der Waals surface area (Å²) in [6, 6.07) is 10.3. The van der Waals surface area contributed by atoms with Gasteiger partial charge in [0.15, 0.2) is 6.19 Å². The average molecular weight is 197 g/mol. The third-order valence-corrected chi connectivity index (χ3v) is 1.69. The first-order valence-electron chi connectivity index (χ1n) is 4.09. The van der Waals surface area contributed by atoms with Crippen LogP contribution in [0.1, 0.15) is 12.0 Å². The Balaban J connectivity index is 0.00000144. The minimum Gasteiger partial charge on any atom is -0.324 e. The van der Waals surface area contributed by atoms with E-state index in [4.69, 9.17) is 5.26 Å². The molecule has 0 aliphatic rings. The Morgan fingerprint density at radius 1 is 1.23 bits per heavy atom. The number of hydrogen-bond donors (Lipinski definition) is 1. The van der Waals surface area contributed by atoms with Gasteiger partial charge in [0.2, 0.25) is 0 Å². The zero-order chi connectivity index (χ0) is 8.65. The molecule has 1 rings (SSSR count). The summed E-state index contributed by atoms with van der Waals surface area (Å²) in [5, 5.41) is 10.8. The molecule has 1 N–H and O–H groups in total. The molecule has 0 aliphatic carbocycles. The van der Waals surface area contributed by atoms with Gasteiger partial charge in [-0.15, -0.1) is 12.4 Å². The fourth-order valence-electron chi connectivity index (χ4n) is 1.08. The Hall–Kier alpha value is -1.20. The van der Waals surface area contributed by atoms with Crippen LogP contribution in [-0.2, 0) is 6.42 Å². The van der Waals surface area contributed by atoms with Gasteiger partial charge in [0.05, 0.1) is 0 Å². The largest absolute Gasteiger partial charge is 0.324 e. The van der Waals surface area contributed by atoms with Crippen LogP contribution in [0.5, 0.6) is 0 Å². The summed E-state index contributed by atoms with van der Waals surface area (Å²) >= 11 is 0. The molecule has 0 amide bonds. The average Bonchev–Trinajstić information content (AvgIpc) is 2.14. The molecule has 13 heavy (non-hydrogen) atoms. The fraction of sp³-hybridized carbons (Fsp3) is 0.300. The second-order valence-electron chi connectivity index (χ2n) is 2.63. The van der Waals surface area contributed by atoms with Crippen molar-refractivity contribution in [3.8, 4) is 6.19 Å². The van der Waals surface area contributed by atoms with Gasteiger partial charge in [-0.3, -0.25) is 0 Å². The Bertz CT molecular complexity index is 253. The second kappa shape index (κ2) is 7.45. The summed E-state index contributed by atoms with van der Waals surface area (Å²) in [6.45, 7) is 0.769. The first kappa shape index (κ1) is 11.8. The molecule has 0 saturated heterocycles. The van der Waals surface area contributed by atoms with Gasteiger partial charge in [0, 0.05) is 6.54 Å². The van der Waals surface area contributed by atoms with Crippen molar-refractivity contribution in [3.05, 3.63) is 35.9 Å². The monoisotopic (exact) mass is 196 g/mol. The highest BCUT2D eigenvalue weighted by Gasteiger charge is 1.89. The molecule has 0 spiro atoms. The molecule has 0 aliphatic heterocycles. The number of hydrogen-bond acceptors (Lipinski definition) is 2. The molecule has 0 fully saturated rings. The molecular formula is C10H13ClN2. The van der Waals surface area contributed by atoms with Crippen molar-refractivity contribution < 1.29 is 0 Å². The van der Waals surface area contributed by atoms with Crippen LogP contribution >= 0.6 is 12.4 Å². The Morgan fingerprint density at radius 2 is 1.92 bits per heavy atom. The highest BCUT2D eigenvalue weighted by atomic mass is 35.5. The highest BCUT2D eigenvalue weighted by Crippen LogP contribution is 2.00. The summed E-state index contributed by atoms with van der Waals surface area (Å²) < 4.78 is 0. The Labute approximate surface area is 85.0 Å². The van der Waals surface area contributed by atoms with E-state index in [0.717, 1.165) is 19.4 Å². The number of halogens is 1. The number of aryl methyl sites for hydroxylation is 1. The molecule has 0 bridgehead atoms. The van der Waals surface area contributed by atoms with Crippen molar-refractivity contribution in [2.45, 2.75) is 12.8 Å². The maximum atomic E-state index is 8.20. The van der Waals surface area contributed by atoms with E-state index in [0.29, 0.717) is 0 Å². The van der Waals surface area contributed by atoms with E-state index >= 15 is 0 Å². The summed E-state index contributed by atoms with van der Waals surface area (Å²) in [7, 11) is 0. The zero-order valence-electron chi connectivity index (χ0n) is 7.36. The maximum Gasteiger partial charge on any atom is 0.176 e. The van der Waals surface area contributed by atoms with Gasteiger partial charge < -0.3 is 5.32 Å². The van der Waals surface area contributed by atoms with E-state index in [9.17, 15) is 0 Å². The maximum absolute atomic E-state index is 8.20. The SMILES string of the molecule is Cl.N#CNCCCc1ccccc1. The van der Waals surface area contributed by atoms with Crippen molar-refractivity contribution in [1.82, 2.24) is 5.32 Å². The number of nitrogens with one attached hydrogen (secondary N) is 1. The van der Waals surface area contributed by atoms with E-state index in [1.807, 2.05) is 24.4 Å². The molecule has 0 saturated carbocycles. The third kappa shape index (κ3) is 5.10. The first-order chi connectivity index (χ1) is 5.93. The van der Waals surface area contributed by atoms with E-state index < -0.39 is 0 Å². The number of nitrogens with zero attached hydrogens (tertiary/aromatic N) is 1. The summed E-state index contributed by atoms with van der Waals surface area (Å²) in [4.78, 5) is 0. The molecule has 1 aromatic carbocycles. The molecule has 0 unspecified atom stereocenters. The lowest BCUT2D eigenvalue weighted by atomic mass is 10.1. The topological polar surface area (TPSA) is 35.8 Å². The normalized spacial score (nSPS) is 8.23. The lowest BCUT2D eigenvalue weighted by molar-refractivity contribution is 0.759. The van der Waals surface area contributed by atoms with Gasteiger partial charge in [-0.2, -0.15) is 5.26 Å². The molecule has 0 atom stereocenters. The van der Waals surface area contributed by atoms with Crippen LogP contribution in [0.4, 0.5) is 0 Å². The minimum absolute atomic E-state index is 0. The minimum atomic E-state index is 0. The predicted molar refractivity (Wildman–Crippen MR) is 55.6 cm³/mol. The quantitative estimate of drug-likeness (QED) is 0.455. The van der Waals surface area contributed by atoms with E-state index in [1.54, 1.807) is 0 Å². The van der Waals surface area contributed by atoms with Crippen LogP contribution in [0, 0.1) is 11.5 Å². The van der Waals surface area contributed by atoms with Crippen molar-refractivity contribution in [3.63, 3.8) is 0 Å². The van der Waals surface area contributed by atoms with Crippen LogP contribution < -0.4 is 5.32 Å². The summed E-state index contributed by atoms with van der Waals surface area (Å²) in [5.74, 6) is 0. The highest BCUT2D eigenvalue weighted by molar-refractivity contribution is 5.85. The van der Waals surface area contributed by atoms with Crippen molar-refractivity contribution >= 4 is 12.4 Å². The van der Waals surface area contributed by atoms with Crippen LogP contribution in [-0.4, -0.2) is 6.54 Å². The Morgan fingerprint density at radius 3 is 2.54 bits per heavy atom. The Kier molecular flexibility index (Phi) is 6.76. The van der Waals surface area contributed by atoms with Crippen LogP contribution in [0.25, 0.3) is 0 Å². The lowest BCUT2D eigenvalue weighted by Gasteiger charge is -1.98. The molecule has 70 valence electrons. The van der Waals surface area contributed by atoms with Gasteiger partial charge in [-0.05, 0) is 18.4 Å². The zero-order valence-corrected chi connectivity index (χ0v) is 8.18. The molecule has 0 aromatic heterocycles. The van der Waals surface area contributed by atoms with Gasteiger partial charge in [0.25, 0.3) is 0 Å². The smallest absolute Gasteiger partial charge is 0.176 e. The van der Waals surface area contributed by atoms with Crippen molar-refractivity contribution in [1.29, 1.82) is 5.26 Å². The summed E-state index contributed by atoms with van der Waals surface area (Å²) in [6.07, 6.45) is 3.95. The molecule has 0 heterocycles. The number of nitriles is 1. The molecule has 1 aromatic rings. The molecular weight excluding hydrogens is 184 g/mol. The van der Waals surface area contributed by atoms with E-state index in [1.165, 1.54) is 5.56 Å². The van der Waals surface area contributed by atoms with Crippen LogP contribution in [0.15, 0.2) is 30.3 Å². The van der Waals surface area contributed by atoms with Crippen molar-refractivity contribution in [2.75, 3.05) is 6.54 Å². The van der Waals surface area contributed by atoms with Crippen molar-refractivity contribution in [2.24, 2.45) is 0 Å². The van der Waals surface area contributed by atoms with Gasteiger partial charge in [0.1, 0.15) is 0 Å². The van der Waals surface area contributed by atoms with E-state index in [2.05, 4.69) is 17.4 Å². The number of rotatable bonds is 4. The standard InChI is InChI=1S/C10H12N2.ClH/c11-9-12-8-4-7-10-5-2-1-3-6-10;/h1-3,5-6,12H,4,7-8H2;1H. The van der Waals surface area contributed by atoms with Crippen LogP contribution in [0.3, 0.4) is 0 Å². The summed E-state index contributed by atoms with van der Waals surface area (Å²) in [5.41, 5.74) is 1.33. The van der Waals surface area contributed by atoms with E-state index in [-0.39, 0.29) is 12.4 Å². The predicted octanol–water partition coefficient (Wildman–Crippen LogP) is 2.11. The first-order valence-corrected chi connectivity index (χ1v) is 4.09. The molecule has 3 heteroatoms. The van der Waals surface area contributed by atoms with Gasteiger partial charge in [-0.25, -0.2) is 0 Å². The fourth-order valence-corrected chi connectivity index (χ4v) is 1.08. The van der Waals surface area contributed by atoms with Gasteiger partial charge >= 0.3 is 0 Å². The van der Waals surface area contributed by atoms with Crippen LogP contribution in [0.2, 0.25) is 0 Å².